The van der Waals surface area contributed by atoms with E-state index in [0.29, 0.717) is 5.88 Å². The van der Waals surface area contributed by atoms with Gasteiger partial charge in [0.05, 0.1) is 18.7 Å². The van der Waals surface area contributed by atoms with Gasteiger partial charge in [0.25, 0.3) is 0 Å². The molecule has 0 radical (unpaired) electrons. The zero-order valence-corrected chi connectivity index (χ0v) is 14.0. The first kappa shape index (κ1) is 16.7. The highest BCUT2D eigenvalue weighted by Crippen LogP contribution is 2.22. The second-order valence-corrected chi connectivity index (χ2v) is 6.76. The molecular formula is C17H26N2O3. The molecule has 22 heavy (non-hydrogen) atoms. The molecule has 0 saturated carbocycles. The van der Waals surface area contributed by atoms with Gasteiger partial charge < -0.3 is 9.47 Å². The Morgan fingerprint density at radius 3 is 2.59 bits per heavy atom. The summed E-state index contributed by atoms with van der Waals surface area (Å²) in [5.74, 6) is 0.599. The first-order valence-electron chi connectivity index (χ1n) is 7.82. The van der Waals surface area contributed by atoms with Gasteiger partial charge in [0.15, 0.2) is 0 Å². The summed E-state index contributed by atoms with van der Waals surface area (Å²) in [4.78, 5) is 18.8. The number of esters is 1. The fraction of sp³-hybridized carbons (Fsp3) is 0.647. The number of aromatic nitrogens is 1. The summed E-state index contributed by atoms with van der Waals surface area (Å²) in [5, 5.41) is 0. The molecule has 0 aliphatic carbocycles. The minimum absolute atomic E-state index is 0.0220. The van der Waals surface area contributed by atoms with E-state index in [0.717, 1.165) is 38.2 Å². The highest BCUT2D eigenvalue weighted by atomic mass is 16.6. The number of nitrogens with zero attached hydrogens (tertiary/aromatic N) is 2. The van der Waals surface area contributed by atoms with Crippen molar-refractivity contribution >= 4 is 5.97 Å². The number of hydrogen-bond acceptors (Lipinski definition) is 5. The lowest BCUT2D eigenvalue weighted by Crippen LogP contribution is -2.38. The summed E-state index contributed by atoms with van der Waals surface area (Å²) in [6.45, 7) is 8.31. The molecule has 1 aromatic rings. The smallest absolute Gasteiger partial charge is 0.309 e. The van der Waals surface area contributed by atoms with Crippen molar-refractivity contribution in [3.05, 3.63) is 23.9 Å². The van der Waals surface area contributed by atoms with Crippen molar-refractivity contribution in [3.63, 3.8) is 0 Å². The number of methoxy groups -OCH3 is 1. The minimum Gasteiger partial charge on any atom is -0.481 e. The normalized spacial score (nSPS) is 17.3. The van der Waals surface area contributed by atoms with Crippen molar-refractivity contribution in [1.29, 1.82) is 0 Å². The number of hydrogen-bond donors (Lipinski definition) is 0. The van der Waals surface area contributed by atoms with Gasteiger partial charge in [0.2, 0.25) is 5.88 Å². The van der Waals surface area contributed by atoms with Crippen LogP contribution < -0.4 is 4.74 Å². The lowest BCUT2D eigenvalue weighted by Gasteiger charge is -2.32. The Labute approximate surface area is 132 Å². The molecule has 0 aromatic carbocycles. The van der Waals surface area contributed by atoms with E-state index in [2.05, 4.69) is 9.88 Å². The summed E-state index contributed by atoms with van der Waals surface area (Å²) in [5.41, 5.74) is 0.591. The first-order chi connectivity index (χ1) is 10.4. The summed E-state index contributed by atoms with van der Waals surface area (Å²) in [6.07, 6.45) is 1.69. The lowest BCUT2D eigenvalue weighted by molar-refractivity contribution is -0.161. The third-order valence-electron chi connectivity index (χ3n) is 3.70. The van der Waals surface area contributed by atoms with Crippen LogP contribution in [0.15, 0.2) is 18.2 Å². The molecule has 2 heterocycles. The van der Waals surface area contributed by atoms with Crippen LogP contribution in [0.25, 0.3) is 0 Å². The third kappa shape index (κ3) is 4.98. The Morgan fingerprint density at radius 1 is 1.32 bits per heavy atom. The Morgan fingerprint density at radius 2 is 2.00 bits per heavy atom. The number of pyridine rings is 1. The van der Waals surface area contributed by atoms with E-state index in [-0.39, 0.29) is 11.9 Å². The van der Waals surface area contributed by atoms with Crippen LogP contribution in [0.4, 0.5) is 0 Å². The number of piperidine rings is 1. The quantitative estimate of drug-likeness (QED) is 0.800. The topological polar surface area (TPSA) is 51.7 Å². The van der Waals surface area contributed by atoms with Crippen molar-refractivity contribution in [2.45, 2.75) is 45.8 Å². The molecule has 5 nitrogen and oxygen atoms in total. The zero-order valence-electron chi connectivity index (χ0n) is 14.0. The van der Waals surface area contributed by atoms with Gasteiger partial charge in [-0.1, -0.05) is 6.07 Å². The van der Waals surface area contributed by atoms with E-state index in [1.807, 2.05) is 39.0 Å². The molecule has 2 rings (SSSR count). The molecule has 0 bridgehead atoms. The molecule has 0 N–H and O–H groups in total. The van der Waals surface area contributed by atoms with Gasteiger partial charge in [0.1, 0.15) is 5.60 Å². The summed E-state index contributed by atoms with van der Waals surface area (Å²) in [7, 11) is 1.62. The molecule has 1 aliphatic heterocycles. The number of ether oxygens (including phenoxy) is 2. The Bertz CT molecular complexity index is 503. The van der Waals surface area contributed by atoms with Crippen LogP contribution in [0.3, 0.4) is 0 Å². The maximum Gasteiger partial charge on any atom is 0.309 e. The highest BCUT2D eigenvalue weighted by Gasteiger charge is 2.29. The largest absolute Gasteiger partial charge is 0.481 e. The van der Waals surface area contributed by atoms with Gasteiger partial charge >= 0.3 is 5.97 Å². The highest BCUT2D eigenvalue weighted by molar-refractivity contribution is 5.73. The van der Waals surface area contributed by atoms with Crippen LogP contribution in [0.5, 0.6) is 5.88 Å². The fourth-order valence-electron chi connectivity index (χ4n) is 2.60. The number of carbonyl (C=O) groups is 1. The third-order valence-corrected chi connectivity index (χ3v) is 3.70. The van der Waals surface area contributed by atoms with Gasteiger partial charge in [-0.2, -0.15) is 0 Å². The van der Waals surface area contributed by atoms with Crippen molar-refractivity contribution in [1.82, 2.24) is 9.88 Å². The first-order valence-corrected chi connectivity index (χ1v) is 7.82. The lowest BCUT2D eigenvalue weighted by atomic mass is 9.96. The van der Waals surface area contributed by atoms with E-state index in [1.54, 1.807) is 7.11 Å². The van der Waals surface area contributed by atoms with Crippen LogP contribution in [0.1, 0.15) is 39.3 Å². The average Bonchev–Trinajstić information content (AvgIpc) is 2.46. The van der Waals surface area contributed by atoms with Crippen molar-refractivity contribution < 1.29 is 14.3 Å². The predicted octanol–water partition coefficient (Wildman–Crippen LogP) is 2.64. The SMILES string of the molecule is COc1cccc(CN2CCC(C(=O)OC(C)(C)C)CC2)n1. The molecule has 1 aliphatic rings. The monoisotopic (exact) mass is 306 g/mol. The Kier molecular flexibility index (Phi) is 5.40. The standard InChI is InChI=1S/C17H26N2O3/c1-17(2,3)22-16(20)13-8-10-19(11-9-13)12-14-6-5-7-15(18-14)21-4/h5-7,13H,8-12H2,1-4H3. The second kappa shape index (κ2) is 7.09. The van der Waals surface area contributed by atoms with Crippen LogP contribution in [-0.2, 0) is 16.1 Å². The maximum atomic E-state index is 12.1. The van der Waals surface area contributed by atoms with Gasteiger partial charge in [-0.3, -0.25) is 9.69 Å². The molecule has 1 aromatic heterocycles. The maximum absolute atomic E-state index is 12.1. The van der Waals surface area contributed by atoms with E-state index >= 15 is 0 Å². The molecule has 1 saturated heterocycles. The molecule has 5 heteroatoms. The van der Waals surface area contributed by atoms with E-state index in [1.165, 1.54) is 0 Å². The van der Waals surface area contributed by atoms with Crippen LogP contribution in [-0.4, -0.2) is 41.7 Å². The minimum atomic E-state index is -0.404. The molecule has 0 spiro atoms. The Balaban J connectivity index is 1.83. The second-order valence-electron chi connectivity index (χ2n) is 6.76. The van der Waals surface area contributed by atoms with E-state index in [9.17, 15) is 4.79 Å². The number of rotatable bonds is 4. The summed E-state index contributed by atoms with van der Waals surface area (Å²) >= 11 is 0. The number of carbonyl (C=O) groups excluding carboxylic acids is 1. The van der Waals surface area contributed by atoms with Crippen LogP contribution in [0.2, 0.25) is 0 Å². The molecular weight excluding hydrogens is 280 g/mol. The van der Waals surface area contributed by atoms with Crippen molar-refractivity contribution in [3.8, 4) is 5.88 Å². The molecule has 0 unspecified atom stereocenters. The molecule has 122 valence electrons. The van der Waals surface area contributed by atoms with E-state index < -0.39 is 5.60 Å². The predicted molar refractivity (Wildman–Crippen MR) is 84.6 cm³/mol. The fourth-order valence-corrected chi connectivity index (χ4v) is 2.60. The van der Waals surface area contributed by atoms with Gasteiger partial charge in [-0.05, 0) is 52.8 Å². The van der Waals surface area contributed by atoms with Crippen molar-refractivity contribution in [2.75, 3.05) is 20.2 Å². The molecule has 0 amide bonds. The molecule has 1 fully saturated rings. The van der Waals surface area contributed by atoms with Crippen molar-refractivity contribution in [2.24, 2.45) is 5.92 Å². The van der Waals surface area contributed by atoms with E-state index in [4.69, 9.17) is 9.47 Å². The van der Waals surface area contributed by atoms with Crippen LogP contribution in [0, 0.1) is 5.92 Å². The molecule has 0 atom stereocenters. The average molecular weight is 306 g/mol. The summed E-state index contributed by atoms with van der Waals surface area (Å²) < 4.78 is 10.6. The van der Waals surface area contributed by atoms with Gasteiger partial charge in [0, 0.05) is 12.6 Å². The Hall–Kier alpha value is -1.62. The summed E-state index contributed by atoms with van der Waals surface area (Å²) in [6, 6.07) is 5.80. The van der Waals surface area contributed by atoms with Gasteiger partial charge in [-0.25, -0.2) is 4.98 Å². The number of likely N-dealkylation sites (tertiary alicyclic amines) is 1. The van der Waals surface area contributed by atoms with Crippen LogP contribution >= 0.6 is 0 Å². The van der Waals surface area contributed by atoms with Gasteiger partial charge in [-0.15, -0.1) is 0 Å². The zero-order chi connectivity index (χ0) is 16.2.